The van der Waals surface area contributed by atoms with Gasteiger partial charge in [0, 0.05) is 23.5 Å². The molecule has 218 valence electrons. The summed E-state index contributed by atoms with van der Waals surface area (Å²) < 4.78 is 27.9. The fourth-order valence-corrected chi connectivity index (χ4v) is 6.36. The van der Waals surface area contributed by atoms with Gasteiger partial charge in [0.1, 0.15) is 12.6 Å². The second kappa shape index (κ2) is 14.1. The molecule has 0 aromatic heterocycles. The van der Waals surface area contributed by atoms with Crippen LogP contribution in [0, 0.1) is 6.92 Å². The van der Waals surface area contributed by atoms with Crippen LogP contribution in [0.2, 0.25) is 0 Å². The monoisotopic (exact) mass is 639 g/mol. The Kier molecular flexibility index (Phi) is 10.6. The van der Waals surface area contributed by atoms with Gasteiger partial charge in [0.15, 0.2) is 0 Å². The Hall–Kier alpha value is -3.17. The van der Waals surface area contributed by atoms with Gasteiger partial charge in [-0.1, -0.05) is 95.9 Å². The number of amides is 2. The molecular formula is C32H38BrN3O4S. The van der Waals surface area contributed by atoms with Crippen LogP contribution in [0.3, 0.4) is 0 Å². The average Bonchev–Trinajstić information content (AvgIpc) is 2.96. The van der Waals surface area contributed by atoms with E-state index < -0.39 is 28.5 Å². The molecule has 0 aliphatic heterocycles. The van der Waals surface area contributed by atoms with Crippen LogP contribution in [0.25, 0.3) is 0 Å². The zero-order valence-electron chi connectivity index (χ0n) is 23.6. The molecule has 41 heavy (non-hydrogen) atoms. The second-order valence-electron chi connectivity index (χ2n) is 10.8. The number of rotatable bonds is 11. The first-order valence-electron chi connectivity index (χ1n) is 14.0. The summed E-state index contributed by atoms with van der Waals surface area (Å²) in [5.74, 6) is -0.657. The third-order valence-electron chi connectivity index (χ3n) is 7.53. The highest BCUT2D eigenvalue weighted by molar-refractivity contribution is 9.10. The fraction of sp³-hybridized carbons (Fsp3) is 0.375. The second-order valence-corrected chi connectivity index (χ2v) is 13.5. The third-order valence-corrected chi connectivity index (χ3v) is 9.56. The van der Waals surface area contributed by atoms with Gasteiger partial charge in [-0.3, -0.25) is 13.9 Å². The quantitative estimate of drug-likeness (QED) is 0.295. The number of aryl methyl sites for hydroxylation is 1. The van der Waals surface area contributed by atoms with Crippen molar-refractivity contribution in [3.63, 3.8) is 0 Å². The van der Waals surface area contributed by atoms with Crippen LogP contribution in [-0.4, -0.2) is 50.0 Å². The van der Waals surface area contributed by atoms with E-state index in [-0.39, 0.29) is 18.5 Å². The number of nitrogens with one attached hydrogen (secondary N) is 1. The van der Waals surface area contributed by atoms with Gasteiger partial charge in [0.2, 0.25) is 21.8 Å². The smallest absolute Gasteiger partial charge is 0.244 e. The number of nitrogens with zero attached hydrogens (tertiary/aromatic N) is 2. The van der Waals surface area contributed by atoms with Crippen molar-refractivity contribution in [3.8, 4) is 0 Å². The maximum absolute atomic E-state index is 14.2. The Morgan fingerprint density at radius 3 is 2.12 bits per heavy atom. The van der Waals surface area contributed by atoms with Crippen molar-refractivity contribution in [2.24, 2.45) is 0 Å². The normalized spacial score (nSPS) is 14.7. The summed E-state index contributed by atoms with van der Waals surface area (Å²) in [4.78, 5) is 29.7. The number of benzene rings is 3. The Bertz CT molecular complexity index is 1430. The lowest BCUT2D eigenvalue weighted by Gasteiger charge is -2.35. The number of carbonyl (C=O) groups excluding carboxylic acids is 2. The van der Waals surface area contributed by atoms with Gasteiger partial charge in [0.25, 0.3) is 0 Å². The minimum Gasteiger partial charge on any atom is -0.352 e. The molecule has 9 heteroatoms. The van der Waals surface area contributed by atoms with Crippen molar-refractivity contribution in [3.05, 3.63) is 100 Å². The minimum atomic E-state index is -3.81. The molecule has 3 aromatic rings. The Morgan fingerprint density at radius 2 is 1.54 bits per heavy atom. The number of carbonyl (C=O) groups is 2. The average molecular weight is 641 g/mol. The highest BCUT2D eigenvalue weighted by atomic mass is 79.9. The maximum Gasteiger partial charge on any atom is 0.244 e. The van der Waals surface area contributed by atoms with Crippen LogP contribution < -0.4 is 9.62 Å². The molecule has 0 saturated heterocycles. The first-order valence-corrected chi connectivity index (χ1v) is 16.7. The summed E-state index contributed by atoms with van der Waals surface area (Å²) in [5, 5.41) is 3.22. The van der Waals surface area contributed by atoms with Gasteiger partial charge >= 0.3 is 0 Å². The molecule has 0 radical (unpaired) electrons. The third kappa shape index (κ3) is 8.66. The Morgan fingerprint density at radius 1 is 0.927 bits per heavy atom. The molecular weight excluding hydrogens is 602 g/mol. The van der Waals surface area contributed by atoms with E-state index in [0.717, 1.165) is 63.8 Å². The summed E-state index contributed by atoms with van der Waals surface area (Å²) in [6.45, 7) is 1.62. The zero-order chi connectivity index (χ0) is 29.4. The van der Waals surface area contributed by atoms with E-state index in [2.05, 4.69) is 21.2 Å². The van der Waals surface area contributed by atoms with Gasteiger partial charge in [-0.05, 0) is 54.7 Å². The van der Waals surface area contributed by atoms with Crippen LogP contribution in [0.4, 0.5) is 5.69 Å². The molecule has 0 heterocycles. The van der Waals surface area contributed by atoms with Crippen LogP contribution in [0.1, 0.15) is 48.8 Å². The molecule has 3 aromatic carbocycles. The topological polar surface area (TPSA) is 86.8 Å². The van der Waals surface area contributed by atoms with E-state index in [9.17, 15) is 18.0 Å². The van der Waals surface area contributed by atoms with Crippen LogP contribution in [-0.2, 0) is 32.6 Å². The van der Waals surface area contributed by atoms with Crippen LogP contribution >= 0.6 is 15.9 Å². The van der Waals surface area contributed by atoms with Crippen molar-refractivity contribution in [1.82, 2.24) is 10.2 Å². The molecule has 1 saturated carbocycles. The van der Waals surface area contributed by atoms with Gasteiger partial charge in [-0.15, -0.1) is 0 Å². The van der Waals surface area contributed by atoms with E-state index in [1.54, 1.807) is 23.1 Å². The molecule has 1 fully saturated rings. The summed E-state index contributed by atoms with van der Waals surface area (Å²) in [7, 11) is -3.81. The van der Waals surface area contributed by atoms with Crippen molar-refractivity contribution < 1.29 is 18.0 Å². The largest absolute Gasteiger partial charge is 0.352 e. The van der Waals surface area contributed by atoms with Crippen molar-refractivity contribution in [1.29, 1.82) is 0 Å². The zero-order valence-corrected chi connectivity index (χ0v) is 26.0. The number of sulfonamides is 1. The van der Waals surface area contributed by atoms with E-state index in [4.69, 9.17) is 0 Å². The molecule has 0 spiro atoms. The predicted molar refractivity (Wildman–Crippen MR) is 167 cm³/mol. The van der Waals surface area contributed by atoms with Crippen LogP contribution in [0.5, 0.6) is 0 Å². The number of anilines is 1. The molecule has 7 nitrogen and oxygen atoms in total. The molecule has 1 aliphatic rings. The van der Waals surface area contributed by atoms with Crippen molar-refractivity contribution in [2.75, 3.05) is 17.1 Å². The summed E-state index contributed by atoms with van der Waals surface area (Å²) in [6.07, 6.45) is 6.54. The fourth-order valence-electron chi connectivity index (χ4n) is 5.28. The highest BCUT2D eigenvalue weighted by Gasteiger charge is 2.34. The molecule has 2 amide bonds. The summed E-state index contributed by atoms with van der Waals surface area (Å²) in [5.41, 5.74) is 3.02. The standard InChI is InChI=1S/C32H38BrN3O4S/c1-24-20-28(18-19-29(24)33)36(41(2,39)40)23-31(37)35(22-26-14-8-4-9-15-26)30(21-25-12-6-3-7-13-25)32(38)34-27-16-10-5-11-17-27/h3-4,6-9,12-15,18-20,27,30H,5,10-11,16-17,21-23H2,1-2H3,(H,34,38)/t30-/m1/s1. The van der Waals surface area contributed by atoms with E-state index in [0.29, 0.717) is 12.1 Å². The Labute approximate surface area is 252 Å². The van der Waals surface area contributed by atoms with E-state index >= 15 is 0 Å². The molecule has 0 unspecified atom stereocenters. The maximum atomic E-state index is 14.2. The molecule has 0 bridgehead atoms. The SMILES string of the molecule is Cc1cc(N(CC(=O)N(Cc2ccccc2)[C@H](Cc2ccccc2)C(=O)NC2CCCCC2)S(C)(=O)=O)ccc1Br. The minimum absolute atomic E-state index is 0.0708. The summed E-state index contributed by atoms with van der Waals surface area (Å²) >= 11 is 3.46. The molecule has 1 aliphatic carbocycles. The number of hydrogen-bond donors (Lipinski definition) is 1. The predicted octanol–water partition coefficient (Wildman–Crippen LogP) is 5.61. The van der Waals surface area contributed by atoms with Gasteiger partial charge < -0.3 is 10.2 Å². The first kappa shape index (κ1) is 30.8. The van der Waals surface area contributed by atoms with E-state index in [1.165, 1.54) is 0 Å². The van der Waals surface area contributed by atoms with Crippen molar-refractivity contribution in [2.45, 2.75) is 64.1 Å². The highest BCUT2D eigenvalue weighted by Crippen LogP contribution is 2.26. The molecule has 1 atom stereocenters. The lowest BCUT2D eigenvalue weighted by Crippen LogP contribution is -2.55. The van der Waals surface area contributed by atoms with Gasteiger partial charge in [0.05, 0.1) is 11.9 Å². The van der Waals surface area contributed by atoms with Crippen molar-refractivity contribution >= 4 is 43.5 Å². The first-order chi connectivity index (χ1) is 19.6. The molecule has 4 rings (SSSR count). The summed E-state index contributed by atoms with van der Waals surface area (Å²) in [6, 6.07) is 23.5. The molecule has 1 N–H and O–H groups in total. The lowest BCUT2D eigenvalue weighted by molar-refractivity contribution is -0.140. The van der Waals surface area contributed by atoms with Gasteiger partial charge in [-0.2, -0.15) is 0 Å². The van der Waals surface area contributed by atoms with Gasteiger partial charge in [-0.25, -0.2) is 8.42 Å². The Balaban J connectivity index is 1.71. The number of hydrogen-bond acceptors (Lipinski definition) is 4. The van der Waals surface area contributed by atoms with E-state index in [1.807, 2.05) is 67.6 Å². The lowest BCUT2D eigenvalue weighted by atomic mass is 9.94. The number of halogens is 1. The van der Waals surface area contributed by atoms with Crippen LogP contribution in [0.15, 0.2) is 83.3 Å².